The van der Waals surface area contributed by atoms with Gasteiger partial charge in [0, 0.05) is 37.0 Å². The Morgan fingerprint density at radius 3 is 3.00 bits per heavy atom. The van der Waals surface area contributed by atoms with Gasteiger partial charge < -0.3 is 15.2 Å². The Morgan fingerprint density at radius 2 is 2.19 bits per heavy atom. The number of imidazole rings is 1. The summed E-state index contributed by atoms with van der Waals surface area (Å²) in [6.45, 7) is 0.692. The first kappa shape index (κ1) is 12.9. The lowest BCUT2D eigenvalue weighted by Gasteiger charge is -2.23. The average molecular weight is 288 g/mol. The maximum absolute atomic E-state index is 12.4. The minimum Gasteiger partial charge on any atom is -0.351 e. The topological polar surface area (TPSA) is 78.1 Å². The van der Waals surface area contributed by atoms with Gasteiger partial charge >= 0.3 is 0 Å². The van der Waals surface area contributed by atoms with E-state index < -0.39 is 0 Å². The van der Waals surface area contributed by atoms with Gasteiger partial charge in [0.15, 0.2) is 0 Å². The molecule has 1 aromatic heterocycles. The van der Waals surface area contributed by atoms with E-state index in [0.29, 0.717) is 19.0 Å². The molecule has 0 spiro atoms. The van der Waals surface area contributed by atoms with Crippen molar-refractivity contribution in [2.75, 3.05) is 6.54 Å². The summed E-state index contributed by atoms with van der Waals surface area (Å²) in [4.78, 5) is 33.6. The van der Waals surface area contributed by atoms with E-state index in [1.165, 1.54) is 0 Å². The number of hydrogen-bond donors (Lipinski definition) is 2. The highest BCUT2D eigenvalue weighted by Gasteiger charge is 2.40. The molecule has 1 aromatic rings. The molecule has 6 heteroatoms. The third kappa shape index (κ3) is 2.43. The lowest BCUT2D eigenvalue weighted by Crippen LogP contribution is -2.42. The molecule has 0 bridgehead atoms. The molecule has 2 fully saturated rings. The van der Waals surface area contributed by atoms with Gasteiger partial charge in [0.25, 0.3) is 0 Å². The van der Waals surface area contributed by atoms with Gasteiger partial charge in [0.05, 0.1) is 18.1 Å². The highest BCUT2D eigenvalue weighted by molar-refractivity contribution is 5.83. The van der Waals surface area contributed by atoms with Gasteiger partial charge in [0.2, 0.25) is 11.8 Å². The standard InChI is InChI=1S/C15H20N4O2/c20-14-6-10(7-19(14)11-2-3-11)18-15(21)9-1-4-12-13(5-9)17-8-16-12/h8-11H,1-7H2,(H,16,17)(H,18,21). The number of nitrogens with zero attached hydrogens (tertiary/aromatic N) is 2. The second kappa shape index (κ2) is 4.86. The Bertz CT molecular complexity index is 578. The fraction of sp³-hybridized carbons (Fsp3) is 0.667. The molecular weight excluding hydrogens is 268 g/mol. The largest absolute Gasteiger partial charge is 0.351 e. The molecule has 0 radical (unpaired) electrons. The second-order valence-electron chi connectivity index (χ2n) is 6.45. The summed E-state index contributed by atoms with van der Waals surface area (Å²) in [5.41, 5.74) is 2.18. The van der Waals surface area contributed by atoms with Crippen molar-refractivity contribution < 1.29 is 9.59 Å². The molecule has 112 valence electrons. The lowest BCUT2D eigenvalue weighted by molar-refractivity contribution is -0.128. The predicted octanol–water partition coefficient (Wildman–Crippen LogP) is 0.394. The van der Waals surface area contributed by atoms with Crippen LogP contribution in [0.1, 0.15) is 37.1 Å². The molecular formula is C15H20N4O2. The normalized spacial score (nSPS) is 28.6. The van der Waals surface area contributed by atoms with E-state index in [4.69, 9.17) is 0 Å². The fourth-order valence-corrected chi connectivity index (χ4v) is 3.51. The summed E-state index contributed by atoms with van der Waals surface area (Å²) >= 11 is 0. The van der Waals surface area contributed by atoms with E-state index in [9.17, 15) is 9.59 Å². The number of aryl methyl sites for hydroxylation is 1. The number of aromatic amines is 1. The van der Waals surface area contributed by atoms with Crippen molar-refractivity contribution in [3.8, 4) is 0 Å². The maximum atomic E-state index is 12.4. The minimum atomic E-state index is -0.00577. The molecule has 2 atom stereocenters. The van der Waals surface area contributed by atoms with Gasteiger partial charge in [0.1, 0.15) is 0 Å². The van der Waals surface area contributed by atoms with Gasteiger partial charge in [-0.1, -0.05) is 0 Å². The summed E-state index contributed by atoms with van der Waals surface area (Å²) < 4.78 is 0. The van der Waals surface area contributed by atoms with Gasteiger partial charge in [-0.25, -0.2) is 4.98 Å². The van der Waals surface area contributed by atoms with Crippen molar-refractivity contribution in [2.45, 2.75) is 50.6 Å². The van der Waals surface area contributed by atoms with Crippen molar-refractivity contribution in [2.24, 2.45) is 5.92 Å². The Hall–Kier alpha value is -1.85. The lowest BCUT2D eigenvalue weighted by atomic mass is 9.89. The Labute approximate surface area is 123 Å². The number of fused-ring (bicyclic) bond motifs is 1. The summed E-state index contributed by atoms with van der Waals surface area (Å²) in [6.07, 6.45) is 6.84. The summed E-state index contributed by atoms with van der Waals surface area (Å²) in [7, 11) is 0. The third-order valence-electron chi connectivity index (χ3n) is 4.85. The van der Waals surface area contributed by atoms with Crippen LogP contribution >= 0.6 is 0 Å². The SMILES string of the molecule is O=C(NC1CC(=O)N(C2CC2)C1)C1CCc2nc[nH]c2C1. The molecule has 1 saturated heterocycles. The Morgan fingerprint density at radius 1 is 1.33 bits per heavy atom. The summed E-state index contributed by atoms with van der Waals surface area (Å²) in [6, 6.07) is 0.440. The maximum Gasteiger partial charge on any atom is 0.225 e. The number of H-pyrrole nitrogens is 1. The number of rotatable bonds is 3. The number of hydrogen-bond acceptors (Lipinski definition) is 3. The number of likely N-dealkylation sites (tertiary alicyclic amines) is 1. The molecule has 2 heterocycles. The number of nitrogens with one attached hydrogen (secondary N) is 2. The third-order valence-corrected chi connectivity index (χ3v) is 4.85. The van der Waals surface area contributed by atoms with Crippen LogP contribution in [0.15, 0.2) is 6.33 Å². The fourth-order valence-electron chi connectivity index (χ4n) is 3.51. The van der Waals surface area contributed by atoms with Crippen LogP contribution in [0.2, 0.25) is 0 Å². The zero-order valence-electron chi connectivity index (χ0n) is 12.0. The van der Waals surface area contributed by atoms with Gasteiger partial charge in [-0.2, -0.15) is 0 Å². The molecule has 3 aliphatic rings. The van der Waals surface area contributed by atoms with Crippen molar-refractivity contribution in [3.05, 3.63) is 17.7 Å². The van der Waals surface area contributed by atoms with Gasteiger partial charge in [-0.15, -0.1) is 0 Å². The van der Waals surface area contributed by atoms with Crippen molar-refractivity contribution in [1.29, 1.82) is 0 Å². The Kier molecular flexibility index (Phi) is 2.97. The molecule has 1 saturated carbocycles. The molecule has 1 aliphatic heterocycles. The Balaban J connectivity index is 1.35. The number of carbonyl (C=O) groups is 2. The van der Waals surface area contributed by atoms with E-state index in [2.05, 4.69) is 15.3 Å². The number of carbonyl (C=O) groups excluding carboxylic acids is 2. The summed E-state index contributed by atoms with van der Waals surface area (Å²) in [5.74, 6) is 0.288. The van der Waals surface area contributed by atoms with Crippen LogP contribution in [0.3, 0.4) is 0 Å². The van der Waals surface area contributed by atoms with Crippen molar-refractivity contribution >= 4 is 11.8 Å². The molecule has 6 nitrogen and oxygen atoms in total. The minimum absolute atomic E-state index is 0.00280. The van der Waals surface area contributed by atoms with Crippen LogP contribution in [-0.4, -0.2) is 45.3 Å². The van der Waals surface area contributed by atoms with E-state index in [1.54, 1.807) is 6.33 Å². The highest BCUT2D eigenvalue weighted by atomic mass is 16.2. The zero-order chi connectivity index (χ0) is 14.4. The van der Waals surface area contributed by atoms with E-state index in [1.807, 2.05) is 4.90 Å². The first-order valence-electron chi connectivity index (χ1n) is 7.81. The molecule has 0 aromatic carbocycles. The van der Waals surface area contributed by atoms with Crippen LogP contribution in [0.25, 0.3) is 0 Å². The molecule has 2 N–H and O–H groups in total. The van der Waals surface area contributed by atoms with Crippen LogP contribution in [0.4, 0.5) is 0 Å². The predicted molar refractivity (Wildman–Crippen MR) is 75.4 cm³/mol. The van der Waals surface area contributed by atoms with Crippen LogP contribution in [-0.2, 0) is 22.4 Å². The van der Waals surface area contributed by atoms with E-state index >= 15 is 0 Å². The number of amides is 2. The van der Waals surface area contributed by atoms with Crippen molar-refractivity contribution in [1.82, 2.24) is 20.2 Å². The smallest absolute Gasteiger partial charge is 0.225 e. The zero-order valence-corrected chi connectivity index (χ0v) is 12.0. The van der Waals surface area contributed by atoms with Gasteiger partial charge in [-0.05, 0) is 25.7 Å². The van der Waals surface area contributed by atoms with E-state index in [-0.39, 0.29) is 23.8 Å². The van der Waals surface area contributed by atoms with Crippen molar-refractivity contribution in [3.63, 3.8) is 0 Å². The van der Waals surface area contributed by atoms with Crippen LogP contribution in [0.5, 0.6) is 0 Å². The van der Waals surface area contributed by atoms with Crippen LogP contribution < -0.4 is 5.32 Å². The summed E-state index contributed by atoms with van der Waals surface area (Å²) in [5, 5.41) is 3.08. The highest BCUT2D eigenvalue weighted by Crippen LogP contribution is 2.31. The number of aromatic nitrogens is 2. The average Bonchev–Trinajstić information content (AvgIpc) is 3.09. The quantitative estimate of drug-likeness (QED) is 0.845. The first-order chi connectivity index (χ1) is 10.2. The van der Waals surface area contributed by atoms with Crippen LogP contribution in [0, 0.1) is 5.92 Å². The second-order valence-corrected chi connectivity index (χ2v) is 6.45. The van der Waals surface area contributed by atoms with E-state index in [0.717, 1.165) is 43.5 Å². The molecule has 2 unspecified atom stereocenters. The van der Waals surface area contributed by atoms with Gasteiger partial charge in [-0.3, -0.25) is 9.59 Å². The molecule has 2 amide bonds. The molecule has 2 aliphatic carbocycles. The first-order valence-corrected chi connectivity index (χ1v) is 7.81. The molecule has 21 heavy (non-hydrogen) atoms. The molecule has 4 rings (SSSR count). The monoisotopic (exact) mass is 288 g/mol.